The molecule has 0 saturated carbocycles. The first-order chi connectivity index (χ1) is 11.1. The van der Waals surface area contributed by atoms with Gasteiger partial charge < -0.3 is 10.4 Å². The van der Waals surface area contributed by atoms with Crippen molar-refractivity contribution in [3.63, 3.8) is 0 Å². The van der Waals surface area contributed by atoms with E-state index in [0.717, 1.165) is 5.56 Å². The molecule has 0 radical (unpaired) electrons. The highest BCUT2D eigenvalue weighted by Crippen LogP contribution is 2.28. The van der Waals surface area contributed by atoms with E-state index in [2.05, 4.69) is 10.3 Å². The van der Waals surface area contributed by atoms with Gasteiger partial charge in [0.15, 0.2) is 5.17 Å². The highest BCUT2D eigenvalue weighted by Gasteiger charge is 2.23. The summed E-state index contributed by atoms with van der Waals surface area (Å²) in [7, 11) is 0. The molecule has 1 saturated heterocycles. The summed E-state index contributed by atoms with van der Waals surface area (Å²) >= 11 is 1.25. The minimum absolute atomic E-state index is 0.195. The maximum absolute atomic E-state index is 12.0. The zero-order valence-corrected chi connectivity index (χ0v) is 12.7. The van der Waals surface area contributed by atoms with E-state index in [1.165, 1.54) is 23.9 Å². The van der Waals surface area contributed by atoms with Gasteiger partial charge in [-0.2, -0.15) is 0 Å². The average molecular weight is 324 g/mol. The van der Waals surface area contributed by atoms with Gasteiger partial charge in [-0.25, -0.2) is 9.79 Å². The Morgan fingerprint density at radius 2 is 1.78 bits per heavy atom. The predicted octanol–water partition coefficient (Wildman–Crippen LogP) is 3.28. The molecule has 2 N–H and O–H groups in total. The Morgan fingerprint density at radius 3 is 2.43 bits per heavy atom. The van der Waals surface area contributed by atoms with Crippen LogP contribution in [-0.2, 0) is 4.79 Å². The quantitative estimate of drug-likeness (QED) is 0.849. The van der Waals surface area contributed by atoms with Crippen LogP contribution in [0.5, 0.6) is 0 Å². The molecule has 1 aliphatic heterocycles. The molecule has 5 nitrogen and oxygen atoms in total. The number of thioether (sulfide) groups is 1. The second-order valence-electron chi connectivity index (χ2n) is 4.74. The largest absolute Gasteiger partial charge is 0.478 e. The summed E-state index contributed by atoms with van der Waals surface area (Å²) in [6.07, 6.45) is 1.80. The number of amidine groups is 1. The molecule has 114 valence electrons. The van der Waals surface area contributed by atoms with Crippen LogP contribution in [0.2, 0.25) is 0 Å². The Balaban J connectivity index is 1.79. The van der Waals surface area contributed by atoms with E-state index >= 15 is 0 Å². The first-order valence-electron chi connectivity index (χ1n) is 6.80. The number of rotatable bonds is 3. The van der Waals surface area contributed by atoms with Crippen molar-refractivity contribution in [3.8, 4) is 0 Å². The first kappa shape index (κ1) is 15.1. The van der Waals surface area contributed by atoms with Gasteiger partial charge in [-0.15, -0.1) is 0 Å². The number of hydrogen-bond donors (Lipinski definition) is 2. The molecule has 0 unspecified atom stereocenters. The lowest BCUT2D eigenvalue weighted by molar-refractivity contribution is -0.115. The molecule has 0 bridgehead atoms. The summed E-state index contributed by atoms with van der Waals surface area (Å²) in [6, 6.07) is 15.7. The Labute approximate surface area is 136 Å². The summed E-state index contributed by atoms with van der Waals surface area (Å²) in [5, 5.41) is 12.0. The molecule has 1 heterocycles. The number of carbonyl (C=O) groups is 2. The number of nitrogens with zero attached hydrogens (tertiary/aromatic N) is 1. The van der Waals surface area contributed by atoms with Crippen LogP contribution in [0.3, 0.4) is 0 Å². The third kappa shape index (κ3) is 3.67. The van der Waals surface area contributed by atoms with Gasteiger partial charge in [0.1, 0.15) is 0 Å². The molecule has 1 amide bonds. The van der Waals surface area contributed by atoms with E-state index in [9.17, 15) is 9.59 Å². The van der Waals surface area contributed by atoms with Crippen molar-refractivity contribution in [1.29, 1.82) is 0 Å². The van der Waals surface area contributed by atoms with Crippen LogP contribution < -0.4 is 5.32 Å². The number of carboxylic acid groups (broad SMARTS) is 1. The van der Waals surface area contributed by atoms with Crippen LogP contribution in [0.1, 0.15) is 15.9 Å². The standard InChI is InChI=1S/C17H12N2O3S/c20-15-14(10-11-4-2-1-3-5-11)23-17(19-15)18-13-8-6-12(7-9-13)16(21)22/h1-10H,(H,21,22)(H,18,19,20)/b14-10-. The fourth-order valence-electron chi connectivity index (χ4n) is 1.98. The topological polar surface area (TPSA) is 78.8 Å². The number of aliphatic imine (C=N–C) groups is 1. The van der Waals surface area contributed by atoms with Crippen molar-refractivity contribution in [3.05, 3.63) is 70.6 Å². The molecule has 2 aromatic carbocycles. The van der Waals surface area contributed by atoms with Crippen molar-refractivity contribution < 1.29 is 14.7 Å². The molecular weight excluding hydrogens is 312 g/mol. The van der Waals surface area contributed by atoms with Gasteiger partial charge in [0.2, 0.25) is 0 Å². The molecule has 0 atom stereocenters. The fourth-order valence-corrected chi connectivity index (χ4v) is 2.82. The average Bonchev–Trinajstić information content (AvgIpc) is 2.88. The number of hydrogen-bond acceptors (Lipinski definition) is 4. The van der Waals surface area contributed by atoms with Crippen LogP contribution in [0.15, 0.2) is 64.5 Å². The maximum Gasteiger partial charge on any atom is 0.335 e. The zero-order chi connectivity index (χ0) is 16.2. The highest BCUT2D eigenvalue weighted by molar-refractivity contribution is 8.18. The lowest BCUT2D eigenvalue weighted by atomic mass is 10.2. The normalized spacial score (nSPS) is 17.5. The molecular formula is C17H12N2O3S. The van der Waals surface area contributed by atoms with Gasteiger partial charge in [0.25, 0.3) is 5.91 Å². The molecule has 2 aromatic rings. The molecule has 6 heteroatoms. The van der Waals surface area contributed by atoms with Crippen LogP contribution >= 0.6 is 11.8 Å². The lowest BCUT2D eigenvalue weighted by Crippen LogP contribution is -2.19. The minimum atomic E-state index is -0.985. The summed E-state index contributed by atoms with van der Waals surface area (Å²) in [6.45, 7) is 0. The van der Waals surface area contributed by atoms with Gasteiger partial charge >= 0.3 is 5.97 Å². The van der Waals surface area contributed by atoms with E-state index in [1.807, 2.05) is 30.3 Å². The summed E-state index contributed by atoms with van der Waals surface area (Å²) in [4.78, 5) is 27.7. The minimum Gasteiger partial charge on any atom is -0.478 e. The molecule has 0 aromatic heterocycles. The van der Waals surface area contributed by atoms with Crippen LogP contribution in [0, 0.1) is 0 Å². The number of carbonyl (C=O) groups excluding carboxylic acids is 1. The van der Waals surface area contributed by atoms with E-state index in [0.29, 0.717) is 15.8 Å². The fraction of sp³-hybridized carbons (Fsp3) is 0. The van der Waals surface area contributed by atoms with E-state index in [4.69, 9.17) is 5.11 Å². The smallest absolute Gasteiger partial charge is 0.335 e. The maximum atomic E-state index is 12.0. The molecule has 1 aliphatic rings. The highest BCUT2D eigenvalue weighted by atomic mass is 32.2. The molecule has 23 heavy (non-hydrogen) atoms. The van der Waals surface area contributed by atoms with Crippen LogP contribution in [0.4, 0.5) is 5.69 Å². The molecule has 3 rings (SSSR count). The number of benzene rings is 2. The monoisotopic (exact) mass is 324 g/mol. The van der Waals surface area contributed by atoms with Crippen LogP contribution in [-0.4, -0.2) is 22.2 Å². The second kappa shape index (κ2) is 6.50. The Bertz CT molecular complexity index is 811. The summed E-state index contributed by atoms with van der Waals surface area (Å²) < 4.78 is 0. The molecule has 1 fully saturated rings. The number of carboxylic acids is 1. The van der Waals surface area contributed by atoms with Crippen molar-refractivity contribution in [2.45, 2.75) is 0 Å². The number of aromatic carboxylic acids is 1. The van der Waals surface area contributed by atoms with E-state index < -0.39 is 5.97 Å². The first-order valence-corrected chi connectivity index (χ1v) is 7.61. The van der Waals surface area contributed by atoms with Gasteiger partial charge in [0, 0.05) is 0 Å². The number of amides is 1. The van der Waals surface area contributed by atoms with Gasteiger partial charge in [-0.05, 0) is 47.7 Å². The Kier molecular flexibility index (Phi) is 4.25. The van der Waals surface area contributed by atoms with Gasteiger partial charge in [-0.1, -0.05) is 30.3 Å². The van der Waals surface area contributed by atoms with E-state index in [-0.39, 0.29) is 11.5 Å². The summed E-state index contributed by atoms with van der Waals surface area (Å²) in [5.74, 6) is -1.18. The molecule has 0 spiro atoms. The molecule has 0 aliphatic carbocycles. The number of nitrogens with one attached hydrogen (secondary N) is 1. The van der Waals surface area contributed by atoms with Crippen LogP contribution in [0.25, 0.3) is 6.08 Å². The zero-order valence-electron chi connectivity index (χ0n) is 11.9. The van der Waals surface area contributed by atoms with Crippen molar-refractivity contribution >= 4 is 40.6 Å². The van der Waals surface area contributed by atoms with Crippen molar-refractivity contribution in [1.82, 2.24) is 5.32 Å². The van der Waals surface area contributed by atoms with Gasteiger partial charge in [-0.3, -0.25) is 4.79 Å². The van der Waals surface area contributed by atoms with Gasteiger partial charge in [0.05, 0.1) is 16.2 Å². The van der Waals surface area contributed by atoms with E-state index in [1.54, 1.807) is 18.2 Å². The van der Waals surface area contributed by atoms with Crippen molar-refractivity contribution in [2.24, 2.45) is 4.99 Å². The lowest BCUT2D eigenvalue weighted by Gasteiger charge is -1.97. The van der Waals surface area contributed by atoms with Crippen molar-refractivity contribution in [2.75, 3.05) is 0 Å². The SMILES string of the molecule is O=C1NC(=Nc2ccc(C(=O)O)cc2)S/C1=C\c1ccccc1. The Morgan fingerprint density at radius 1 is 1.09 bits per heavy atom. The Hall–Kier alpha value is -2.86. The second-order valence-corrected chi connectivity index (χ2v) is 5.78. The third-order valence-corrected chi connectivity index (χ3v) is 4.00. The summed E-state index contributed by atoms with van der Waals surface area (Å²) in [5.41, 5.74) is 1.72. The third-order valence-electron chi connectivity index (χ3n) is 3.09. The predicted molar refractivity (Wildman–Crippen MR) is 90.6 cm³/mol.